The van der Waals surface area contributed by atoms with Crippen LogP contribution in [0.15, 0.2) is 36.4 Å². The molecule has 2 amide bonds. The van der Waals surface area contributed by atoms with Crippen LogP contribution in [0.1, 0.15) is 18.1 Å². The molecule has 0 radical (unpaired) electrons. The van der Waals surface area contributed by atoms with E-state index >= 15 is 0 Å². The van der Waals surface area contributed by atoms with E-state index in [9.17, 15) is 4.79 Å². The number of methoxy groups -OCH3 is 2. The molecule has 0 bridgehead atoms. The molecule has 7 heteroatoms. The molecule has 0 heterocycles. The summed E-state index contributed by atoms with van der Waals surface area (Å²) in [6, 6.07) is 11.1. The van der Waals surface area contributed by atoms with Crippen LogP contribution >= 0.6 is 11.6 Å². The van der Waals surface area contributed by atoms with E-state index in [4.69, 9.17) is 21.1 Å². The van der Waals surface area contributed by atoms with E-state index < -0.39 is 0 Å². The predicted molar refractivity (Wildman–Crippen MR) is 109 cm³/mol. The number of ether oxygens (including phenoxy) is 2. The Morgan fingerprint density at radius 3 is 2.48 bits per heavy atom. The van der Waals surface area contributed by atoms with Gasteiger partial charge in [-0.1, -0.05) is 42.8 Å². The number of nitrogens with zero attached hydrogens (tertiary/aromatic N) is 1. The van der Waals surface area contributed by atoms with E-state index in [2.05, 4.69) is 41.6 Å². The van der Waals surface area contributed by atoms with Gasteiger partial charge in [-0.2, -0.15) is 0 Å². The maximum absolute atomic E-state index is 12.3. The lowest BCUT2D eigenvalue weighted by Gasteiger charge is -2.15. The van der Waals surface area contributed by atoms with Gasteiger partial charge in [-0.25, -0.2) is 4.79 Å². The molecule has 0 aliphatic carbocycles. The van der Waals surface area contributed by atoms with Gasteiger partial charge in [0.05, 0.1) is 24.9 Å². The third kappa shape index (κ3) is 6.05. The van der Waals surface area contributed by atoms with Crippen molar-refractivity contribution in [2.45, 2.75) is 20.0 Å². The van der Waals surface area contributed by atoms with Crippen LogP contribution in [0.25, 0.3) is 0 Å². The van der Waals surface area contributed by atoms with Crippen LogP contribution in [0.3, 0.4) is 0 Å². The van der Waals surface area contributed by atoms with Gasteiger partial charge in [0.1, 0.15) is 11.5 Å². The molecule has 27 heavy (non-hydrogen) atoms. The maximum Gasteiger partial charge on any atom is 0.319 e. The summed E-state index contributed by atoms with van der Waals surface area (Å²) in [7, 11) is 5.11. The average molecular weight is 392 g/mol. The third-order valence-corrected chi connectivity index (χ3v) is 4.45. The number of halogens is 1. The average Bonchev–Trinajstić information content (AvgIpc) is 2.67. The molecule has 0 saturated carbocycles. The third-order valence-electron chi connectivity index (χ3n) is 4.16. The minimum Gasteiger partial charge on any atom is -0.495 e. The number of hydrogen-bond acceptors (Lipinski definition) is 4. The van der Waals surface area contributed by atoms with Crippen molar-refractivity contribution in [2.24, 2.45) is 0 Å². The second-order valence-corrected chi connectivity index (χ2v) is 6.55. The van der Waals surface area contributed by atoms with Gasteiger partial charge in [-0.15, -0.1) is 0 Å². The molecule has 2 rings (SSSR count). The molecule has 146 valence electrons. The smallest absolute Gasteiger partial charge is 0.319 e. The number of anilines is 1. The number of rotatable bonds is 8. The van der Waals surface area contributed by atoms with Gasteiger partial charge in [-0.3, -0.25) is 0 Å². The van der Waals surface area contributed by atoms with E-state index in [1.165, 1.54) is 19.8 Å². The molecular formula is C20H26ClN3O3. The van der Waals surface area contributed by atoms with E-state index in [1.54, 1.807) is 12.1 Å². The molecule has 2 N–H and O–H groups in total. The fraction of sp³-hybridized carbons (Fsp3) is 0.350. The zero-order valence-corrected chi connectivity index (χ0v) is 16.9. The number of amides is 2. The number of urea groups is 1. The van der Waals surface area contributed by atoms with Crippen LogP contribution in [0, 0.1) is 0 Å². The summed E-state index contributed by atoms with van der Waals surface area (Å²) in [4.78, 5) is 14.5. The van der Waals surface area contributed by atoms with Crippen molar-refractivity contribution in [3.05, 3.63) is 52.5 Å². The Kier molecular flexibility index (Phi) is 7.76. The molecule has 0 saturated heterocycles. The Labute approximate surface area is 165 Å². The van der Waals surface area contributed by atoms with Gasteiger partial charge in [0, 0.05) is 19.2 Å². The van der Waals surface area contributed by atoms with Crippen molar-refractivity contribution >= 4 is 23.3 Å². The number of carbonyl (C=O) groups is 1. The van der Waals surface area contributed by atoms with Crippen LogP contribution in [-0.2, 0) is 13.1 Å². The number of nitrogens with one attached hydrogen (secondary N) is 2. The van der Waals surface area contributed by atoms with Gasteiger partial charge < -0.3 is 25.0 Å². The molecule has 2 aromatic rings. The summed E-state index contributed by atoms with van der Waals surface area (Å²) in [5.41, 5.74) is 2.72. The summed E-state index contributed by atoms with van der Waals surface area (Å²) in [5.74, 6) is 0.948. The first-order valence-electron chi connectivity index (χ1n) is 8.69. The first kappa shape index (κ1) is 20.9. The van der Waals surface area contributed by atoms with Crippen molar-refractivity contribution < 1.29 is 14.3 Å². The molecule has 0 aromatic heterocycles. The minimum absolute atomic E-state index is 0.342. The molecule has 0 atom stereocenters. The quantitative estimate of drug-likeness (QED) is 0.710. The highest BCUT2D eigenvalue weighted by Gasteiger charge is 2.12. The number of benzene rings is 2. The highest BCUT2D eigenvalue weighted by atomic mass is 35.5. The summed E-state index contributed by atoms with van der Waals surface area (Å²) < 4.78 is 10.4. The summed E-state index contributed by atoms with van der Waals surface area (Å²) >= 11 is 6.13. The molecule has 0 fully saturated rings. The zero-order valence-electron chi connectivity index (χ0n) is 16.1. The first-order chi connectivity index (χ1) is 13.0. The molecule has 0 aliphatic rings. The molecule has 0 spiro atoms. The summed E-state index contributed by atoms with van der Waals surface area (Å²) in [6.45, 7) is 4.40. The predicted octanol–water partition coefficient (Wildman–Crippen LogP) is 4.13. The van der Waals surface area contributed by atoms with Gasteiger partial charge in [0.2, 0.25) is 0 Å². The van der Waals surface area contributed by atoms with Crippen LogP contribution in [0.4, 0.5) is 10.5 Å². The van der Waals surface area contributed by atoms with Gasteiger partial charge in [0.25, 0.3) is 0 Å². The Balaban J connectivity index is 1.99. The fourth-order valence-corrected chi connectivity index (χ4v) is 2.81. The Morgan fingerprint density at radius 1 is 1.11 bits per heavy atom. The molecule has 0 aliphatic heterocycles. The molecule has 0 unspecified atom stereocenters. The normalized spacial score (nSPS) is 10.6. The standard InChI is InChI=1S/C20H26ClN3O3/c1-5-24(2)13-15-8-6-7-14(9-15)12-22-20(25)23-17-10-16(21)18(26-3)11-19(17)27-4/h6-11H,5,12-13H2,1-4H3,(H2,22,23,25). The van der Waals surface area contributed by atoms with E-state index in [0.717, 1.165) is 18.7 Å². The second kappa shape index (κ2) is 10.0. The van der Waals surface area contributed by atoms with Crippen molar-refractivity contribution in [3.8, 4) is 11.5 Å². The highest BCUT2D eigenvalue weighted by molar-refractivity contribution is 6.32. The SMILES string of the molecule is CCN(C)Cc1cccc(CNC(=O)Nc2cc(Cl)c(OC)cc2OC)c1. The summed E-state index contributed by atoms with van der Waals surface area (Å²) in [5, 5.41) is 5.99. The fourth-order valence-electron chi connectivity index (χ4n) is 2.57. The zero-order chi connectivity index (χ0) is 19.8. The monoisotopic (exact) mass is 391 g/mol. The van der Waals surface area contributed by atoms with Crippen molar-refractivity contribution in [3.63, 3.8) is 0 Å². The summed E-state index contributed by atoms with van der Waals surface area (Å²) in [6.07, 6.45) is 0. The lowest BCUT2D eigenvalue weighted by atomic mass is 10.1. The largest absolute Gasteiger partial charge is 0.495 e. The van der Waals surface area contributed by atoms with Gasteiger partial charge >= 0.3 is 6.03 Å². The molecular weight excluding hydrogens is 366 g/mol. The van der Waals surface area contributed by atoms with Crippen molar-refractivity contribution in [2.75, 3.05) is 33.1 Å². The topological polar surface area (TPSA) is 62.8 Å². The first-order valence-corrected chi connectivity index (χ1v) is 9.07. The number of carbonyl (C=O) groups excluding carboxylic acids is 1. The Bertz CT molecular complexity index is 783. The number of hydrogen-bond donors (Lipinski definition) is 2. The van der Waals surface area contributed by atoms with Crippen molar-refractivity contribution in [1.29, 1.82) is 0 Å². The Morgan fingerprint density at radius 2 is 1.81 bits per heavy atom. The van der Waals surface area contributed by atoms with E-state index in [0.29, 0.717) is 28.8 Å². The second-order valence-electron chi connectivity index (χ2n) is 6.15. The van der Waals surface area contributed by atoms with Gasteiger partial charge in [0.15, 0.2) is 0 Å². The lowest BCUT2D eigenvalue weighted by molar-refractivity contribution is 0.251. The van der Waals surface area contributed by atoms with Crippen LogP contribution < -0.4 is 20.1 Å². The van der Waals surface area contributed by atoms with Crippen LogP contribution in [-0.4, -0.2) is 38.7 Å². The van der Waals surface area contributed by atoms with Gasteiger partial charge in [-0.05, 0) is 30.8 Å². The molecule has 2 aromatic carbocycles. The molecule has 6 nitrogen and oxygen atoms in total. The highest BCUT2D eigenvalue weighted by Crippen LogP contribution is 2.35. The van der Waals surface area contributed by atoms with Crippen molar-refractivity contribution in [1.82, 2.24) is 10.2 Å². The van der Waals surface area contributed by atoms with Crippen LogP contribution in [0.5, 0.6) is 11.5 Å². The van der Waals surface area contributed by atoms with E-state index in [-0.39, 0.29) is 6.03 Å². The minimum atomic E-state index is -0.342. The maximum atomic E-state index is 12.3. The Hall–Kier alpha value is -2.44. The van der Waals surface area contributed by atoms with Crippen LogP contribution in [0.2, 0.25) is 5.02 Å². The van der Waals surface area contributed by atoms with E-state index in [1.807, 2.05) is 12.1 Å². The lowest BCUT2D eigenvalue weighted by Crippen LogP contribution is -2.28.